The largest absolute Gasteiger partial charge is 0.455 e. The third kappa shape index (κ3) is 3.89. The van der Waals surface area contributed by atoms with Crippen molar-refractivity contribution in [1.29, 1.82) is 0 Å². The van der Waals surface area contributed by atoms with E-state index in [-0.39, 0.29) is 11.3 Å². The Morgan fingerprint density at radius 3 is 2.56 bits per heavy atom. The lowest BCUT2D eigenvalue weighted by Crippen LogP contribution is -2.59. The van der Waals surface area contributed by atoms with Crippen LogP contribution in [0.3, 0.4) is 0 Å². The smallest absolute Gasteiger partial charge is 0.312 e. The van der Waals surface area contributed by atoms with Gasteiger partial charge in [-0.15, -0.1) is 11.8 Å². The van der Waals surface area contributed by atoms with E-state index in [1.54, 1.807) is 12.1 Å². The number of halogens is 5. The molecular formula is C25H18F5N3O2S. The third-order valence-electron chi connectivity index (χ3n) is 6.32. The number of benzene rings is 1. The molecule has 0 saturated heterocycles. The van der Waals surface area contributed by atoms with Gasteiger partial charge in [-0.1, -0.05) is 36.4 Å². The van der Waals surface area contributed by atoms with Gasteiger partial charge in [0.1, 0.15) is 12.4 Å². The fraction of sp³-hybridized carbons (Fsp3) is 0.280. The highest BCUT2D eigenvalue weighted by Crippen LogP contribution is 2.42. The van der Waals surface area contributed by atoms with E-state index in [2.05, 4.69) is 12.1 Å². The summed E-state index contributed by atoms with van der Waals surface area (Å²) in [5.41, 5.74) is 1.62. The van der Waals surface area contributed by atoms with E-state index in [9.17, 15) is 31.5 Å². The number of hydrogen-bond donors (Lipinski definition) is 0. The molecule has 36 heavy (non-hydrogen) atoms. The Morgan fingerprint density at radius 2 is 1.81 bits per heavy atom. The van der Waals surface area contributed by atoms with Crippen molar-refractivity contribution in [2.45, 2.75) is 35.7 Å². The molecule has 5 rings (SSSR count). The fourth-order valence-electron chi connectivity index (χ4n) is 4.51. The van der Waals surface area contributed by atoms with Gasteiger partial charge in [-0.25, -0.2) is 0 Å². The van der Waals surface area contributed by atoms with Crippen LogP contribution in [-0.4, -0.2) is 40.8 Å². The maximum Gasteiger partial charge on any atom is 0.455 e. The molecule has 0 fully saturated rings. The molecule has 3 aromatic rings. The lowest BCUT2D eigenvalue weighted by atomic mass is 9.94. The summed E-state index contributed by atoms with van der Waals surface area (Å²) in [4.78, 5) is 26.8. The van der Waals surface area contributed by atoms with E-state index in [0.717, 1.165) is 21.6 Å². The Balaban J connectivity index is 1.72. The van der Waals surface area contributed by atoms with Crippen LogP contribution < -0.4 is 10.4 Å². The standard InChI is InChI=1S/C25H18F5N3O2S/c1-15-19(34)10-11-32-21(15)23(35)31(13-24(26,27)25(28,29)30)14-33(32)22-17-7-3-2-6-16(17)12-36-20-9-5-4-8-18(20)22/h2-4,6-8,10-11,22H,12-14H2,1H3. The van der Waals surface area contributed by atoms with Gasteiger partial charge < -0.3 is 4.90 Å². The zero-order valence-corrected chi connectivity index (χ0v) is 19.6. The number of carbonyl (C=O) groups is 1. The summed E-state index contributed by atoms with van der Waals surface area (Å²) in [5, 5.41) is 1.53. The second-order valence-corrected chi connectivity index (χ2v) is 9.55. The van der Waals surface area contributed by atoms with Gasteiger partial charge in [-0.05, 0) is 30.2 Å². The van der Waals surface area contributed by atoms with Crippen molar-refractivity contribution in [1.82, 2.24) is 9.58 Å². The van der Waals surface area contributed by atoms with Gasteiger partial charge in [0.05, 0.1) is 17.5 Å². The van der Waals surface area contributed by atoms with Crippen molar-refractivity contribution >= 4 is 17.7 Å². The summed E-state index contributed by atoms with van der Waals surface area (Å²) in [6, 6.07) is 17.4. The molecule has 3 heterocycles. The zero-order chi connectivity index (χ0) is 25.8. The molecule has 2 aliphatic heterocycles. The highest BCUT2D eigenvalue weighted by Gasteiger charge is 2.59. The Bertz CT molecular complexity index is 1360. The van der Waals surface area contributed by atoms with Gasteiger partial charge in [-0.2, -0.15) is 22.0 Å². The van der Waals surface area contributed by atoms with Crippen LogP contribution in [0.25, 0.3) is 0 Å². The third-order valence-corrected chi connectivity index (χ3v) is 7.40. The van der Waals surface area contributed by atoms with Crippen molar-refractivity contribution in [2.75, 3.05) is 18.2 Å². The van der Waals surface area contributed by atoms with E-state index in [1.807, 2.05) is 24.3 Å². The molecule has 0 aliphatic carbocycles. The van der Waals surface area contributed by atoms with Gasteiger partial charge in [0.15, 0.2) is 5.43 Å². The minimum Gasteiger partial charge on any atom is -0.312 e. The van der Waals surface area contributed by atoms with Crippen LogP contribution in [0.5, 0.6) is 0 Å². The number of thioether (sulfide) groups is 1. The van der Waals surface area contributed by atoms with Crippen molar-refractivity contribution in [2.24, 2.45) is 0 Å². The maximum atomic E-state index is 14.1. The first-order chi connectivity index (χ1) is 17.0. The second kappa shape index (κ2) is 8.55. The Kier molecular flexibility index (Phi) is 5.75. The molecule has 1 unspecified atom stereocenters. The molecule has 1 amide bonds. The summed E-state index contributed by atoms with van der Waals surface area (Å²) in [6.07, 6.45) is -4.50. The molecule has 1 atom stereocenters. The van der Waals surface area contributed by atoms with Crippen molar-refractivity contribution < 1.29 is 26.7 Å². The summed E-state index contributed by atoms with van der Waals surface area (Å²) in [6.45, 7) is -1.09. The molecule has 0 saturated carbocycles. The van der Waals surface area contributed by atoms with Crippen LogP contribution >= 0.6 is 11.8 Å². The lowest BCUT2D eigenvalue weighted by Gasteiger charge is -2.45. The van der Waals surface area contributed by atoms with E-state index >= 15 is 0 Å². The Morgan fingerprint density at radius 1 is 1.06 bits per heavy atom. The van der Waals surface area contributed by atoms with Crippen LogP contribution in [0.15, 0.2) is 58.4 Å². The van der Waals surface area contributed by atoms with E-state index < -0.39 is 42.7 Å². The minimum atomic E-state index is -5.84. The highest BCUT2D eigenvalue weighted by molar-refractivity contribution is 7.98. The van der Waals surface area contributed by atoms with Crippen molar-refractivity contribution in [3.63, 3.8) is 0 Å². The number of rotatable bonds is 3. The number of carbonyl (C=O) groups excluding carboxylic acids is 1. The van der Waals surface area contributed by atoms with Gasteiger partial charge >= 0.3 is 12.1 Å². The molecule has 0 bridgehead atoms. The molecule has 1 aromatic heterocycles. The molecule has 0 radical (unpaired) electrons. The normalized spacial score (nSPS) is 17.6. The molecule has 0 N–H and O–H groups in total. The lowest BCUT2D eigenvalue weighted by molar-refractivity contribution is -0.284. The maximum absolute atomic E-state index is 14.1. The quantitative estimate of drug-likeness (QED) is 0.471. The summed E-state index contributed by atoms with van der Waals surface area (Å²) in [5.74, 6) is -5.64. The summed E-state index contributed by atoms with van der Waals surface area (Å²) >= 11 is 1.50. The molecule has 2 aromatic carbocycles. The number of fused-ring (bicyclic) bond motifs is 3. The van der Waals surface area contributed by atoms with Crippen molar-refractivity contribution in [3.05, 3.63) is 99.0 Å². The summed E-state index contributed by atoms with van der Waals surface area (Å²) in [7, 11) is 0. The van der Waals surface area contributed by atoms with Gasteiger partial charge in [-0.3, -0.25) is 19.3 Å². The molecule has 0 spiro atoms. The first-order valence-electron chi connectivity index (χ1n) is 10.9. The molecule has 5 nitrogen and oxygen atoms in total. The Labute approximate surface area is 207 Å². The molecule has 11 heteroatoms. The zero-order valence-electron chi connectivity index (χ0n) is 18.8. The van der Waals surface area contributed by atoms with Crippen LogP contribution in [0.1, 0.15) is 38.8 Å². The van der Waals surface area contributed by atoms with Crippen LogP contribution in [0.4, 0.5) is 22.0 Å². The monoisotopic (exact) mass is 519 g/mol. The van der Waals surface area contributed by atoms with E-state index in [1.165, 1.54) is 40.6 Å². The predicted octanol–water partition coefficient (Wildman–Crippen LogP) is 4.70. The number of pyridine rings is 1. The first kappa shape index (κ1) is 24.2. The van der Waals surface area contributed by atoms with Gasteiger partial charge in [0, 0.05) is 29.1 Å². The topological polar surface area (TPSA) is 45.6 Å². The molecule has 2 aliphatic rings. The van der Waals surface area contributed by atoms with Gasteiger partial charge in [0.25, 0.3) is 5.91 Å². The Hall–Kier alpha value is -3.52. The minimum absolute atomic E-state index is 0.0445. The number of nitrogens with zero attached hydrogens (tertiary/aromatic N) is 3. The molecular weight excluding hydrogens is 501 g/mol. The number of amides is 1. The predicted molar refractivity (Wildman–Crippen MR) is 123 cm³/mol. The van der Waals surface area contributed by atoms with Crippen LogP contribution in [0, 0.1) is 19.1 Å². The second-order valence-electron chi connectivity index (χ2n) is 8.56. The first-order valence-corrected chi connectivity index (χ1v) is 11.8. The van der Waals surface area contributed by atoms with E-state index in [0.29, 0.717) is 10.7 Å². The van der Waals surface area contributed by atoms with Crippen molar-refractivity contribution in [3.8, 4) is 0 Å². The summed E-state index contributed by atoms with van der Waals surface area (Å²) < 4.78 is 68.9. The van der Waals surface area contributed by atoms with Crippen LogP contribution in [-0.2, 0) is 5.75 Å². The average Bonchev–Trinajstić information content (AvgIpc) is 2.99. The van der Waals surface area contributed by atoms with Gasteiger partial charge in [0.2, 0.25) is 0 Å². The van der Waals surface area contributed by atoms with Crippen LogP contribution in [0.2, 0.25) is 0 Å². The SMILES string of the molecule is Cc1c2n(ccc1=O)N(C1c3ccc#cc3SCc3ccccc31)CN(CC(F)(F)C(F)(F)F)C2=O. The number of aromatic nitrogens is 1. The fourth-order valence-corrected chi connectivity index (χ4v) is 5.55. The molecule has 186 valence electrons. The number of alkyl halides is 5. The van der Waals surface area contributed by atoms with E-state index in [4.69, 9.17) is 0 Å². The average molecular weight is 519 g/mol. The highest BCUT2D eigenvalue weighted by atomic mass is 32.2. The number of hydrogen-bond acceptors (Lipinski definition) is 4.